The minimum absolute atomic E-state index is 0.364. The SMILES string of the molecule is CCCC[CH2][Mg][I]. The lowest BCUT2D eigenvalue weighted by molar-refractivity contribution is 0.771. The van der Waals surface area contributed by atoms with Gasteiger partial charge in [0.05, 0.1) is 0 Å². The summed E-state index contributed by atoms with van der Waals surface area (Å²) in [5.74, 6) is 0. The molecule has 0 radical (unpaired) electrons. The Morgan fingerprint density at radius 3 is 2.57 bits per heavy atom. The van der Waals surface area contributed by atoms with Crippen molar-refractivity contribution in [1.29, 1.82) is 0 Å². The molecule has 0 aliphatic rings. The van der Waals surface area contributed by atoms with Crippen molar-refractivity contribution in [3.8, 4) is 0 Å². The number of rotatable bonds is 4. The van der Waals surface area contributed by atoms with Crippen molar-refractivity contribution in [2.24, 2.45) is 0 Å². The molecule has 0 atom stereocenters. The highest BCUT2D eigenvalue weighted by Crippen LogP contribution is 1.99. The Labute approximate surface area is 65.5 Å². The second-order valence-electron chi connectivity index (χ2n) is 1.75. The van der Waals surface area contributed by atoms with Gasteiger partial charge in [-0.2, -0.15) is 0 Å². The van der Waals surface area contributed by atoms with E-state index in [1.165, 1.54) is 19.3 Å². The molecule has 40 valence electrons. The summed E-state index contributed by atoms with van der Waals surface area (Å²) < 4.78 is 1.55. The summed E-state index contributed by atoms with van der Waals surface area (Å²) in [6.07, 6.45) is 4.33. The maximum atomic E-state index is 2.57. The van der Waals surface area contributed by atoms with E-state index < -0.39 is 0 Å². The summed E-state index contributed by atoms with van der Waals surface area (Å²) in [4.78, 5) is 0. The van der Waals surface area contributed by atoms with Crippen molar-refractivity contribution in [3.63, 3.8) is 0 Å². The summed E-state index contributed by atoms with van der Waals surface area (Å²) >= 11 is 2.93. The third-order valence-corrected chi connectivity index (χ3v) is 4.04. The topological polar surface area (TPSA) is 0 Å². The van der Waals surface area contributed by atoms with E-state index in [-0.39, 0.29) is 0 Å². The molecule has 0 aromatic rings. The molecule has 0 aromatic heterocycles. The summed E-state index contributed by atoms with van der Waals surface area (Å²) in [5.41, 5.74) is 0. The van der Waals surface area contributed by atoms with Crippen LogP contribution in [0.5, 0.6) is 0 Å². The van der Waals surface area contributed by atoms with Crippen LogP contribution in [-0.2, 0) is 0 Å². The molecule has 7 heavy (non-hydrogen) atoms. The first-order valence-electron chi connectivity index (χ1n) is 2.97. The average Bonchev–Trinajstić information content (AvgIpc) is 1.69. The van der Waals surface area contributed by atoms with Gasteiger partial charge in [0.15, 0.2) is 0 Å². The third kappa shape index (κ3) is 7.50. The van der Waals surface area contributed by atoms with Crippen molar-refractivity contribution in [3.05, 3.63) is 0 Å². The summed E-state index contributed by atoms with van der Waals surface area (Å²) in [6.45, 7) is 2.26. The standard InChI is InChI=1S/C5H11.HI.Mg/c1-3-5-4-2;;/h1,3-5H2,2H3;1H;/q;;+1/p-1. The van der Waals surface area contributed by atoms with Crippen LogP contribution in [-0.4, -0.2) is 16.5 Å². The van der Waals surface area contributed by atoms with Crippen LogP contribution in [0.15, 0.2) is 0 Å². The second-order valence-corrected chi connectivity index (χ2v) is 6.07. The zero-order valence-electron chi connectivity index (χ0n) is 4.91. The van der Waals surface area contributed by atoms with Gasteiger partial charge in [0.1, 0.15) is 0 Å². The molecule has 0 aliphatic carbocycles. The highest BCUT2D eigenvalue weighted by Gasteiger charge is 1.86. The number of hydrogen-bond acceptors (Lipinski definition) is 0. The Morgan fingerprint density at radius 2 is 2.14 bits per heavy atom. The Hall–Kier alpha value is 1.50. The number of halogens is 1. The van der Waals surface area contributed by atoms with E-state index in [1.807, 2.05) is 0 Å². The molecular weight excluding hydrogens is 211 g/mol. The maximum absolute atomic E-state index is 2.57. The lowest BCUT2D eigenvalue weighted by atomic mass is 10.3. The maximum Gasteiger partial charge on any atom is 0.463 e. The first-order valence-corrected chi connectivity index (χ1v) is 9.09. The van der Waals surface area contributed by atoms with E-state index in [0.717, 1.165) is 0 Å². The predicted molar refractivity (Wildman–Crippen MR) is 44.1 cm³/mol. The van der Waals surface area contributed by atoms with Gasteiger partial charge < -0.3 is 18.9 Å². The summed E-state index contributed by atoms with van der Waals surface area (Å²) in [5, 5.41) is 0. The first-order chi connectivity index (χ1) is 3.41. The lowest BCUT2D eigenvalue weighted by Crippen LogP contribution is -1.75. The first kappa shape index (κ1) is 8.50. The minimum atomic E-state index is 0.364. The molecule has 0 fully saturated rings. The molecular formula is C5H11IMg. The van der Waals surface area contributed by atoms with Crippen LogP contribution in [0, 0.1) is 0 Å². The predicted octanol–water partition coefficient (Wildman–Crippen LogP) is 2.65. The van der Waals surface area contributed by atoms with E-state index in [4.69, 9.17) is 0 Å². The van der Waals surface area contributed by atoms with Crippen LogP contribution in [0.2, 0.25) is 4.55 Å². The molecule has 0 spiro atoms. The van der Waals surface area contributed by atoms with Crippen molar-refractivity contribution in [2.45, 2.75) is 30.7 Å². The fraction of sp³-hybridized carbons (Fsp3) is 1.00. The summed E-state index contributed by atoms with van der Waals surface area (Å²) in [6, 6.07) is 0. The molecule has 0 heterocycles. The van der Waals surface area contributed by atoms with Crippen LogP contribution in [0.1, 0.15) is 26.2 Å². The normalized spacial score (nSPS) is 8.29. The highest BCUT2D eigenvalue weighted by atomic mass is 127. The van der Waals surface area contributed by atoms with Gasteiger partial charge in [-0.15, -0.1) is 4.55 Å². The van der Waals surface area contributed by atoms with E-state index in [1.54, 1.807) is 4.55 Å². The van der Waals surface area contributed by atoms with E-state index in [9.17, 15) is 0 Å². The van der Waals surface area contributed by atoms with Gasteiger partial charge in [-0.25, -0.2) is 0 Å². The number of unbranched alkanes of at least 4 members (excludes halogenated alkanes) is 2. The number of hydrogen-bond donors (Lipinski definition) is 0. The van der Waals surface area contributed by atoms with Gasteiger partial charge in [-0.05, 0) is 0 Å². The molecule has 0 N–H and O–H groups in total. The second kappa shape index (κ2) is 7.50. The quantitative estimate of drug-likeness (QED) is 0.390. The molecule has 0 aliphatic heterocycles. The molecule has 0 rings (SSSR count). The van der Waals surface area contributed by atoms with Crippen molar-refractivity contribution >= 4 is 35.3 Å². The lowest BCUT2D eigenvalue weighted by Gasteiger charge is -1.88. The largest absolute Gasteiger partial charge is 0.463 e. The van der Waals surface area contributed by atoms with Gasteiger partial charge in [0.25, 0.3) is 0 Å². The zero-order valence-corrected chi connectivity index (χ0v) is 8.49. The Balaban J connectivity index is 2.45. The molecule has 0 amide bonds. The molecule has 0 bridgehead atoms. The van der Waals surface area contributed by atoms with Crippen LogP contribution >= 0.6 is 18.9 Å². The van der Waals surface area contributed by atoms with E-state index in [0.29, 0.717) is 16.5 Å². The Bertz CT molecular complexity index is 27.3. The van der Waals surface area contributed by atoms with E-state index in [2.05, 4.69) is 25.8 Å². The minimum Gasteiger partial charge on any atom is -0.301 e. The van der Waals surface area contributed by atoms with Gasteiger partial charge in [0.2, 0.25) is 0 Å². The van der Waals surface area contributed by atoms with E-state index >= 15 is 0 Å². The van der Waals surface area contributed by atoms with Crippen LogP contribution in [0.3, 0.4) is 0 Å². The molecule has 0 aromatic carbocycles. The molecule has 0 saturated carbocycles. The zero-order chi connectivity index (χ0) is 5.54. The molecule has 0 saturated heterocycles. The highest BCUT2D eigenvalue weighted by molar-refractivity contribution is 14.1. The molecule has 0 unspecified atom stereocenters. The average molecular weight is 222 g/mol. The summed E-state index contributed by atoms with van der Waals surface area (Å²) in [7, 11) is 0. The van der Waals surface area contributed by atoms with Gasteiger partial charge in [0, 0.05) is 0 Å². The van der Waals surface area contributed by atoms with Gasteiger partial charge >= 0.3 is 16.5 Å². The Kier molecular flexibility index (Phi) is 9.10. The van der Waals surface area contributed by atoms with Crippen LogP contribution < -0.4 is 0 Å². The van der Waals surface area contributed by atoms with Gasteiger partial charge in [-0.3, -0.25) is 0 Å². The fourth-order valence-electron chi connectivity index (χ4n) is 0.521. The molecule has 2 heteroatoms. The van der Waals surface area contributed by atoms with Crippen LogP contribution in [0.4, 0.5) is 0 Å². The van der Waals surface area contributed by atoms with Crippen molar-refractivity contribution < 1.29 is 0 Å². The van der Waals surface area contributed by atoms with Crippen LogP contribution in [0.25, 0.3) is 0 Å². The smallest absolute Gasteiger partial charge is 0.301 e. The Morgan fingerprint density at radius 1 is 1.43 bits per heavy atom. The third-order valence-electron chi connectivity index (χ3n) is 0.987. The van der Waals surface area contributed by atoms with Crippen molar-refractivity contribution in [1.82, 2.24) is 0 Å². The van der Waals surface area contributed by atoms with Gasteiger partial charge in [-0.1, -0.05) is 26.2 Å². The monoisotopic (exact) mass is 222 g/mol. The molecule has 0 nitrogen and oxygen atoms in total. The van der Waals surface area contributed by atoms with Crippen molar-refractivity contribution in [2.75, 3.05) is 0 Å². The fourth-order valence-corrected chi connectivity index (χ4v) is 2.68.